The Balaban J connectivity index is 1.53. The van der Waals surface area contributed by atoms with Crippen molar-refractivity contribution in [2.24, 2.45) is 17.8 Å². The fourth-order valence-electron chi connectivity index (χ4n) is 5.12. The van der Waals surface area contributed by atoms with Gasteiger partial charge in [-0.2, -0.15) is 0 Å². The molecule has 1 heterocycles. The van der Waals surface area contributed by atoms with E-state index < -0.39 is 0 Å². The smallest absolute Gasteiger partial charge is 0.253 e. The predicted octanol–water partition coefficient (Wildman–Crippen LogP) is 2.36. The minimum absolute atomic E-state index is 0.0134. The lowest BCUT2D eigenvalue weighted by Crippen LogP contribution is -2.59. The molecule has 0 unspecified atom stereocenters. The normalized spacial score (nSPS) is 37.9. The van der Waals surface area contributed by atoms with Crippen LogP contribution in [0.1, 0.15) is 48.9 Å². The van der Waals surface area contributed by atoms with E-state index in [1.165, 1.54) is 38.5 Å². The number of pyridine rings is 1. The molecule has 0 aromatic carbocycles. The second kappa shape index (κ2) is 4.21. The first-order valence-electron chi connectivity index (χ1n) is 7.66. The van der Waals surface area contributed by atoms with Crippen LogP contribution in [0.25, 0.3) is 0 Å². The molecule has 0 spiro atoms. The Hall–Kier alpha value is -1.58. The molecule has 4 heteroatoms. The van der Waals surface area contributed by atoms with Gasteiger partial charge in [-0.25, -0.2) is 4.98 Å². The number of hydrogen-bond acceptors (Lipinski definition) is 3. The van der Waals surface area contributed by atoms with Crippen LogP contribution in [0.3, 0.4) is 0 Å². The standard InChI is InChI=1S/C16H21N3O/c17-14-2-1-13(9-18-14)15(20)19-16-6-10-3-11(7-16)5-12(4-10)8-16/h1-2,9-12H,3-8H2,(H2,17,18)(H,19,20). The highest BCUT2D eigenvalue weighted by atomic mass is 16.1. The molecule has 1 amide bonds. The zero-order chi connectivity index (χ0) is 13.7. The second-order valence-corrected chi connectivity index (χ2v) is 7.12. The third-order valence-electron chi connectivity index (χ3n) is 5.47. The van der Waals surface area contributed by atoms with Crippen LogP contribution in [-0.4, -0.2) is 16.4 Å². The molecule has 4 saturated carbocycles. The first-order chi connectivity index (χ1) is 9.62. The monoisotopic (exact) mass is 271 g/mol. The highest BCUT2D eigenvalue weighted by Gasteiger charge is 2.51. The Kier molecular flexibility index (Phi) is 2.56. The van der Waals surface area contributed by atoms with Crippen molar-refractivity contribution in [2.45, 2.75) is 44.1 Å². The van der Waals surface area contributed by atoms with Gasteiger partial charge in [-0.15, -0.1) is 0 Å². The maximum absolute atomic E-state index is 12.4. The predicted molar refractivity (Wildman–Crippen MR) is 77.0 cm³/mol. The first-order valence-corrected chi connectivity index (χ1v) is 7.66. The number of hydrogen-bond donors (Lipinski definition) is 2. The molecule has 0 radical (unpaired) electrons. The van der Waals surface area contributed by atoms with E-state index in [1.807, 2.05) is 0 Å². The maximum atomic E-state index is 12.4. The molecule has 0 atom stereocenters. The molecule has 0 saturated heterocycles. The number of aromatic nitrogens is 1. The molecule has 1 aromatic heterocycles. The van der Waals surface area contributed by atoms with Gasteiger partial charge in [0.05, 0.1) is 5.56 Å². The summed E-state index contributed by atoms with van der Waals surface area (Å²) in [5, 5.41) is 3.34. The molecule has 1 aromatic rings. The molecule has 106 valence electrons. The Morgan fingerprint density at radius 3 is 2.25 bits per heavy atom. The summed E-state index contributed by atoms with van der Waals surface area (Å²) in [7, 11) is 0. The SMILES string of the molecule is Nc1ccc(C(=O)NC23CC4CC(CC(C4)C2)C3)cn1. The van der Waals surface area contributed by atoms with Gasteiger partial charge in [-0.3, -0.25) is 4.79 Å². The number of nitrogens with one attached hydrogen (secondary N) is 1. The van der Waals surface area contributed by atoms with Crippen LogP contribution in [0.15, 0.2) is 18.3 Å². The number of nitrogens with zero attached hydrogens (tertiary/aromatic N) is 1. The van der Waals surface area contributed by atoms with Crippen LogP contribution >= 0.6 is 0 Å². The third-order valence-corrected chi connectivity index (χ3v) is 5.47. The molecular weight excluding hydrogens is 250 g/mol. The lowest BCUT2D eigenvalue weighted by Gasteiger charge is -2.56. The highest BCUT2D eigenvalue weighted by molar-refractivity contribution is 5.94. The van der Waals surface area contributed by atoms with E-state index in [1.54, 1.807) is 18.3 Å². The van der Waals surface area contributed by atoms with E-state index in [4.69, 9.17) is 5.73 Å². The van der Waals surface area contributed by atoms with E-state index in [2.05, 4.69) is 10.3 Å². The summed E-state index contributed by atoms with van der Waals surface area (Å²) in [5.74, 6) is 2.99. The third kappa shape index (κ3) is 1.98. The van der Waals surface area contributed by atoms with Crippen LogP contribution in [0.4, 0.5) is 5.82 Å². The van der Waals surface area contributed by atoms with Crippen molar-refractivity contribution in [1.82, 2.24) is 10.3 Å². The summed E-state index contributed by atoms with van der Waals surface area (Å²) in [5.41, 5.74) is 6.25. The molecule has 4 fully saturated rings. The van der Waals surface area contributed by atoms with Crippen molar-refractivity contribution in [3.8, 4) is 0 Å². The van der Waals surface area contributed by atoms with Crippen LogP contribution in [0.2, 0.25) is 0 Å². The molecule has 4 aliphatic rings. The first kappa shape index (κ1) is 12.2. The van der Waals surface area contributed by atoms with Crippen LogP contribution in [0.5, 0.6) is 0 Å². The van der Waals surface area contributed by atoms with Gasteiger partial charge in [0.2, 0.25) is 0 Å². The summed E-state index contributed by atoms with van der Waals surface area (Å²) in [6.45, 7) is 0. The van der Waals surface area contributed by atoms with Crippen molar-refractivity contribution in [2.75, 3.05) is 5.73 Å². The quantitative estimate of drug-likeness (QED) is 0.867. The molecule has 0 aliphatic heterocycles. The van der Waals surface area contributed by atoms with Crippen molar-refractivity contribution in [3.05, 3.63) is 23.9 Å². The van der Waals surface area contributed by atoms with Crippen LogP contribution in [-0.2, 0) is 0 Å². The van der Waals surface area contributed by atoms with Crippen molar-refractivity contribution in [3.63, 3.8) is 0 Å². The largest absolute Gasteiger partial charge is 0.384 e. The molecule has 4 nitrogen and oxygen atoms in total. The molecule has 5 rings (SSSR count). The number of carbonyl (C=O) groups excluding carboxylic acids is 1. The lowest BCUT2D eigenvalue weighted by atomic mass is 9.53. The van der Waals surface area contributed by atoms with Crippen molar-refractivity contribution < 1.29 is 4.79 Å². The number of amides is 1. The molecule has 3 N–H and O–H groups in total. The fraction of sp³-hybridized carbons (Fsp3) is 0.625. The molecule has 4 aliphatic carbocycles. The minimum atomic E-state index is 0.0134. The van der Waals surface area contributed by atoms with Crippen LogP contribution < -0.4 is 11.1 Å². The van der Waals surface area contributed by atoms with E-state index in [0.717, 1.165) is 17.8 Å². The Morgan fingerprint density at radius 1 is 1.15 bits per heavy atom. The van der Waals surface area contributed by atoms with E-state index in [0.29, 0.717) is 11.4 Å². The Morgan fingerprint density at radius 2 is 1.75 bits per heavy atom. The summed E-state index contributed by atoms with van der Waals surface area (Å²) >= 11 is 0. The van der Waals surface area contributed by atoms with Crippen molar-refractivity contribution >= 4 is 11.7 Å². The maximum Gasteiger partial charge on any atom is 0.253 e. The Bertz CT molecular complexity index is 502. The summed E-state index contributed by atoms with van der Waals surface area (Å²) in [4.78, 5) is 16.5. The number of carbonyl (C=O) groups is 1. The number of rotatable bonds is 2. The Labute approximate surface area is 119 Å². The van der Waals surface area contributed by atoms with Gasteiger partial charge in [0, 0.05) is 11.7 Å². The average molecular weight is 271 g/mol. The van der Waals surface area contributed by atoms with Gasteiger partial charge in [-0.1, -0.05) is 0 Å². The topological polar surface area (TPSA) is 68.0 Å². The summed E-state index contributed by atoms with van der Waals surface area (Å²) in [6.07, 6.45) is 9.26. The summed E-state index contributed by atoms with van der Waals surface area (Å²) < 4.78 is 0. The molecule has 20 heavy (non-hydrogen) atoms. The number of nitrogen functional groups attached to an aromatic ring is 1. The fourth-order valence-corrected chi connectivity index (χ4v) is 5.12. The highest BCUT2D eigenvalue weighted by Crippen LogP contribution is 2.55. The molecular formula is C16H21N3O. The molecule has 4 bridgehead atoms. The van der Waals surface area contributed by atoms with Crippen LogP contribution in [0, 0.1) is 17.8 Å². The van der Waals surface area contributed by atoms with Gasteiger partial charge in [0.1, 0.15) is 5.82 Å². The number of nitrogens with two attached hydrogens (primary N) is 1. The summed E-state index contributed by atoms with van der Waals surface area (Å²) in [6, 6.07) is 3.45. The van der Waals surface area contributed by atoms with E-state index in [-0.39, 0.29) is 11.4 Å². The zero-order valence-electron chi connectivity index (χ0n) is 11.6. The lowest BCUT2D eigenvalue weighted by molar-refractivity contribution is -0.0167. The van der Waals surface area contributed by atoms with Gasteiger partial charge in [0.15, 0.2) is 0 Å². The van der Waals surface area contributed by atoms with Gasteiger partial charge >= 0.3 is 0 Å². The van der Waals surface area contributed by atoms with E-state index >= 15 is 0 Å². The van der Waals surface area contributed by atoms with E-state index in [9.17, 15) is 4.79 Å². The van der Waals surface area contributed by atoms with Gasteiger partial charge in [-0.05, 0) is 68.4 Å². The zero-order valence-corrected chi connectivity index (χ0v) is 11.6. The minimum Gasteiger partial charge on any atom is -0.384 e. The average Bonchev–Trinajstić information content (AvgIpc) is 2.37. The van der Waals surface area contributed by atoms with Gasteiger partial charge in [0.25, 0.3) is 5.91 Å². The second-order valence-electron chi connectivity index (χ2n) is 7.12. The van der Waals surface area contributed by atoms with Gasteiger partial charge < -0.3 is 11.1 Å². The number of anilines is 1. The van der Waals surface area contributed by atoms with Crippen molar-refractivity contribution in [1.29, 1.82) is 0 Å².